The smallest absolute Gasteiger partial charge is 0.265 e. The van der Waals surface area contributed by atoms with Gasteiger partial charge >= 0.3 is 0 Å². The largest absolute Gasteiger partial charge is 0.472 e. The third-order valence-corrected chi connectivity index (χ3v) is 6.65. The zero-order valence-electron chi connectivity index (χ0n) is 14.5. The summed E-state index contributed by atoms with van der Waals surface area (Å²) in [5.74, 6) is 0.709. The molecule has 1 fully saturated rings. The maximum atomic E-state index is 13.1. The lowest BCUT2D eigenvalue weighted by Crippen LogP contribution is -2.50. The Morgan fingerprint density at radius 3 is 2.72 bits per heavy atom. The minimum Gasteiger partial charge on any atom is -0.472 e. The van der Waals surface area contributed by atoms with Crippen molar-refractivity contribution in [2.45, 2.75) is 38.2 Å². The topological polar surface area (TPSA) is 62.6 Å². The van der Waals surface area contributed by atoms with Crippen molar-refractivity contribution < 1.29 is 14.0 Å². The molecule has 1 aliphatic rings. The van der Waals surface area contributed by atoms with Gasteiger partial charge in [-0.15, -0.1) is 23.1 Å². The van der Waals surface area contributed by atoms with Crippen LogP contribution in [0.3, 0.4) is 0 Å². The van der Waals surface area contributed by atoms with Gasteiger partial charge in [0, 0.05) is 17.4 Å². The first kappa shape index (κ1) is 18.1. The predicted molar refractivity (Wildman–Crippen MR) is 101 cm³/mol. The van der Waals surface area contributed by atoms with E-state index < -0.39 is 6.04 Å². The number of hydrogen-bond acceptors (Lipinski definition) is 5. The second kappa shape index (κ2) is 7.66. The molecule has 1 N–H and O–H groups in total. The number of hydrogen-bond donors (Lipinski definition) is 1. The van der Waals surface area contributed by atoms with E-state index in [4.69, 9.17) is 4.42 Å². The Labute approximate surface area is 155 Å². The van der Waals surface area contributed by atoms with Crippen LogP contribution in [0.2, 0.25) is 0 Å². The van der Waals surface area contributed by atoms with Gasteiger partial charge in [-0.25, -0.2) is 0 Å². The number of nitrogens with zero attached hydrogens (tertiary/aromatic N) is 1. The molecule has 3 atom stereocenters. The first-order valence-electron chi connectivity index (χ1n) is 8.29. The van der Waals surface area contributed by atoms with Crippen molar-refractivity contribution in [3.8, 4) is 0 Å². The fourth-order valence-corrected chi connectivity index (χ4v) is 4.72. The second-order valence-corrected chi connectivity index (χ2v) is 8.55. The fraction of sp³-hybridized carbons (Fsp3) is 0.444. The van der Waals surface area contributed by atoms with Crippen molar-refractivity contribution in [3.63, 3.8) is 0 Å². The summed E-state index contributed by atoms with van der Waals surface area (Å²) in [6, 6.07) is 5.08. The molecule has 0 aromatic carbocycles. The minimum absolute atomic E-state index is 0.0594. The fourth-order valence-electron chi connectivity index (χ4n) is 2.64. The number of thioether (sulfide) groups is 1. The van der Waals surface area contributed by atoms with E-state index in [-0.39, 0.29) is 23.2 Å². The predicted octanol–water partition coefficient (Wildman–Crippen LogP) is 3.76. The summed E-state index contributed by atoms with van der Waals surface area (Å²) in [5, 5.41) is 4.72. The van der Waals surface area contributed by atoms with Crippen LogP contribution in [-0.2, 0) is 4.79 Å². The first-order valence-corrected chi connectivity index (χ1v) is 10.2. The molecule has 3 unspecified atom stereocenters. The molecule has 0 radical (unpaired) electrons. The number of furan rings is 1. The first-order chi connectivity index (χ1) is 12.0. The van der Waals surface area contributed by atoms with Gasteiger partial charge in [-0.05, 0) is 30.4 Å². The van der Waals surface area contributed by atoms with Gasteiger partial charge in [-0.1, -0.05) is 19.9 Å². The van der Waals surface area contributed by atoms with E-state index in [9.17, 15) is 9.59 Å². The van der Waals surface area contributed by atoms with Crippen LogP contribution in [0.15, 0.2) is 40.5 Å². The zero-order chi connectivity index (χ0) is 18.0. The molecule has 1 aliphatic heterocycles. The van der Waals surface area contributed by atoms with Crippen LogP contribution in [0.5, 0.6) is 0 Å². The standard InChI is InChI=1S/C18H22N2O3S2/c1-11(2)12(3)19-16(21)14-10-25-18(13-6-7-23-9-13)20(14)17(22)15-5-4-8-24-15/h4-9,11-12,14,18H,10H2,1-3H3,(H,19,21). The molecule has 134 valence electrons. The highest BCUT2D eigenvalue weighted by molar-refractivity contribution is 7.99. The van der Waals surface area contributed by atoms with Crippen LogP contribution in [0.25, 0.3) is 0 Å². The Balaban J connectivity index is 1.86. The molecule has 0 saturated carbocycles. The molecule has 0 spiro atoms. The molecule has 7 heteroatoms. The van der Waals surface area contributed by atoms with Gasteiger partial charge in [0.2, 0.25) is 5.91 Å². The van der Waals surface area contributed by atoms with Gasteiger partial charge in [0.1, 0.15) is 11.4 Å². The Bertz CT molecular complexity index is 713. The summed E-state index contributed by atoms with van der Waals surface area (Å²) in [6.45, 7) is 6.12. The highest BCUT2D eigenvalue weighted by Crippen LogP contribution is 2.42. The molecule has 2 amide bonds. The number of carbonyl (C=O) groups is 2. The van der Waals surface area contributed by atoms with E-state index >= 15 is 0 Å². The summed E-state index contributed by atoms with van der Waals surface area (Å²) in [7, 11) is 0. The van der Waals surface area contributed by atoms with Crippen molar-refractivity contribution in [2.75, 3.05) is 5.75 Å². The molecule has 2 aromatic rings. The quantitative estimate of drug-likeness (QED) is 0.860. The lowest BCUT2D eigenvalue weighted by atomic mass is 10.1. The van der Waals surface area contributed by atoms with Crippen LogP contribution in [-0.4, -0.2) is 34.6 Å². The molecule has 25 heavy (non-hydrogen) atoms. The maximum Gasteiger partial charge on any atom is 0.265 e. The summed E-state index contributed by atoms with van der Waals surface area (Å²) in [4.78, 5) is 28.2. The van der Waals surface area contributed by atoms with E-state index in [2.05, 4.69) is 19.2 Å². The van der Waals surface area contributed by atoms with Crippen molar-refractivity contribution in [2.24, 2.45) is 5.92 Å². The normalized spacial score (nSPS) is 21.5. The lowest BCUT2D eigenvalue weighted by Gasteiger charge is -2.29. The Hall–Kier alpha value is -1.73. The van der Waals surface area contributed by atoms with Crippen LogP contribution in [0.4, 0.5) is 0 Å². The van der Waals surface area contributed by atoms with Crippen LogP contribution in [0.1, 0.15) is 41.4 Å². The van der Waals surface area contributed by atoms with E-state index in [0.29, 0.717) is 16.5 Å². The SMILES string of the molecule is CC(C)C(C)NC(=O)C1CSC(c2ccoc2)N1C(=O)c1cccs1. The summed E-state index contributed by atoms with van der Waals surface area (Å²) >= 11 is 2.99. The lowest BCUT2D eigenvalue weighted by molar-refractivity contribution is -0.125. The molecule has 3 heterocycles. The van der Waals surface area contributed by atoms with Crippen molar-refractivity contribution >= 4 is 34.9 Å². The van der Waals surface area contributed by atoms with E-state index in [1.807, 2.05) is 24.4 Å². The average Bonchev–Trinajstić information content (AvgIpc) is 3.33. The highest BCUT2D eigenvalue weighted by Gasteiger charge is 2.43. The zero-order valence-corrected chi connectivity index (χ0v) is 16.1. The monoisotopic (exact) mass is 378 g/mol. The highest BCUT2D eigenvalue weighted by atomic mass is 32.2. The van der Waals surface area contributed by atoms with Gasteiger partial charge in [-0.2, -0.15) is 0 Å². The van der Waals surface area contributed by atoms with E-state index in [1.54, 1.807) is 35.3 Å². The average molecular weight is 379 g/mol. The number of amides is 2. The number of rotatable bonds is 5. The van der Waals surface area contributed by atoms with Gasteiger partial charge in [0.25, 0.3) is 5.91 Å². The Morgan fingerprint density at radius 2 is 2.12 bits per heavy atom. The summed E-state index contributed by atoms with van der Waals surface area (Å²) in [5.41, 5.74) is 0.905. The Morgan fingerprint density at radius 1 is 1.32 bits per heavy atom. The molecular weight excluding hydrogens is 356 g/mol. The van der Waals surface area contributed by atoms with Gasteiger partial charge in [0.05, 0.1) is 17.4 Å². The van der Waals surface area contributed by atoms with Crippen LogP contribution in [0, 0.1) is 5.92 Å². The van der Waals surface area contributed by atoms with Gasteiger partial charge < -0.3 is 14.6 Å². The molecule has 0 aliphatic carbocycles. The molecule has 1 saturated heterocycles. The van der Waals surface area contributed by atoms with Crippen molar-refractivity contribution in [1.29, 1.82) is 0 Å². The molecular formula is C18H22N2O3S2. The van der Waals surface area contributed by atoms with Crippen molar-refractivity contribution in [3.05, 3.63) is 46.5 Å². The summed E-state index contributed by atoms with van der Waals surface area (Å²) < 4.78 is 5.19. The third-order valence-electron chi connectivity index (χ3n) is 4.47. The molecule has 0 bridgehead atoms. The summed E-state index contributed by atoms with van der Waals surface area (Å²) in [6.07, 6.45) is 3.24. The van der Waals surface area contributed by atoms with Crippen LogP contribution < -0.4 is 5.32 Å². The van der Waals surface area contributed by atoms with Gasteiger partial charge in [0.15, 0.2) is 0 Å². The second-order valence-electron chi connectivity index (χ2n) is 6.49. The minimum atomic E-state index is -0.485. The Kier molecular flexibility index (Phi) is 5.54. The maximum absolute atomic E-state index is 13.1. The molecule has 5 nitrogen and oxygen atoms in total. The van der Waals surface area contributed by atoms with E-state index in [1.165, 1.54) is 11.3 Å². The number of carbonyl (C=O) groups excluding carboxylic acids is 2. The molecule has 2 aromatic heterocycles. The van der Waals surface area contributed by atoms with Crippen molar-refractivity contribution in [1.82, 2.24) is 10.2 Å². The molecule has 3 rings (SSSR count). The number of thiophene rings is 1. The number of nitrogens with one attached hydrogen (secondary N) is 1. The van der Waals surface area contributed by atoms with E-state index in [0.717, 1.165) is 5.56 Å². The third kappa shape index (κ3) is 3.77. The van der Waals surface area contributed by atoms with Crippen LogP contribution >= 0.6 is 23.1 Å². The van der Waals surface area contributed by atoms with Gasteiger partial charge in [-0.3, -0.25) is 9.59 Å².